The van der Waals surface area contributed by atoms with E-state index in [0.717, 1.165) is 18.6 Å². The van der Waals surface area contributed by atoms with Crippen LogP contribution in [0.4, 0.5) is 5.69 Å². The molecule has 2 N–H and O–H groups in total. The Bertz CT molecular complexity index is 476. The molecule has 0 bridgehead atoms. The Kier molecular flexibility index (Phi) is 10.5. The van der Waals surface area contributed by atoms with Gasteiger partial charge in [-0.25, -0.2) is 0 Å². The van der Waals surface area contributed by atoms with Crippen LogP contribution in [-0.4, -0.2) is 55.2 Å². The molecular formula is C18H30NO4S+. The molecule has 0 amide bonds. The maximum atomic E-state index is 11.7. The van der Waals surface area contributed by atoms with E-state index in [2.05, 4.69) is 24.4 Å². The number of hydrogen-bond donors (Lipinski definition) is 0. The molecule has 1 rings (SSSR count). The van der Waals surface area contributed by atoms with Crippen molar-refractivity contribution in [2.24, 2.45) is 4.99 Å². The van der Waals surface area contributed by atoms with Crippen LogP contribution in [-0.2, 0) is 15.6 Å². The smallest absolute Gasteiger partial charge is 0.212 e. The van der Waals surface area contributed by atoms with E-state index in [4.69, 9.17) is 14.6 Å². The highest BCUT2D eigenvalue weighted by Crippen LogP contribution is 2.18. The molecule has 5 nitrogen and oxygen atoms in total. The Balaban J connectivity index is 2.35. The molecular weight excluding hydrogens is 326 g/mol. The van der Waals surface area contributed by atoms with E-state index in [9.17, 15) is 5.11 Å². The first-order valence-electron chi connectivity index (χ1n) is 8.31. The zero-order valence-corrected chi connectivity index (χ0v) is 15.7. The van der Waals surface area contributed by atoms with Crippen LogP contribution in [0.1, 0.15) is 26.2 Å². The Hall–Kier alpha value is -1.24. The third-order valence-corrected chi connectivity index (χ3v) is 4.25. The van der Waals surface area contributed by atoms with E-state index in [1.807, 2.05) is 0 Å². The Labute approximate surface area is 148 Å². The summed E-state index contributed by atoms with van der Waals surface area (Å²) in [6.45, 7) is 3.49. The van der Waals surface area contributed by atoms with Crippen LogP contribution in [0.2, 0.25) is 0 Å². The van der Waals surface area contributed by atoms with E-state index < -0.39 is 6.10 Å². The van der Waals surface area contributed by atoms with Gasteiger partial charge in [0.1, 0.15) is 18.1 Å². The summed E-state index contributed by atoms with van der Waals surface area (Å²) in [4.78, 5) is 4.08. The number of ether oxygens (including phenoxy) is 2. The number of unbranched alkanes of at least 4 members (excludes halogenated alkanes) is 1. The molecule has 0 aliphatic carbocycles. The predicted molar refractivity (Wildman–Crippen MR) is 101 cm³/mol. The molecule has 6 heteroatoms. The fraction of sp³-hybridized carbons (Fsp3) is 0.611. The van der Waals surface area contributed by atoms with Crippen molar-refractivity contribution in [2.45, 2.75) is 32.3 Å². The van der Waals surface area contributed by atoms with Gasteiger partial charge >= 0.3 is 0 Å². The van der Waals surface area contributed by atoms with E-state index in [0.29, 0.717) is 31.1 Å². The molecule has 0 radical (unpaired) electrons. The maximum absolute atomic E-state index is 11.7. The highest BCUT2D eigenvalue weighted by atomic mass is 32.2. The van der Waals surface area contributed by atoms with Crippen molar-refractivity contribution in [3.8, 4) is 5.75 Å². The second-order valence-corrected chi connectivity index (χ2v) is 8.26. The number of rotatable bonds is 12. The molecule has 0 aromatic heterocycles. The molecule has 1 aromatic carbocycles. The van der Waals surface area contributed by atoms with Gasteiger partial charge < -0.3 is 19.7 Å². The van der Waals surface area contributed by atoms with Crippen molar-refractivity contribution in [3.05, 3.63) is 24.3 Å². The summed E-state index contributed by atoms with van der Waals surface area (Å²) < 4.78 is 11.0. The Morgan fingerprint density at radius 2 is 1.96 bits per heavy atom. The van der Waals surface area contributed by atoms with Crippen LogP contribution in [0.25, 0.3) is 0 Å². The van der Waals surface area contributed by atoms with E-state index in [-0.39, 0.29) is 23.4 Å². The zero-order chi connectivity index (χ0) is 17.8. The molecule has 0 saturated heterocycles. The fourth-order valence-corrected chi connectivity index (χ4v) is 2.41. The lowest BCUT2D eigenvalue weighted by Crippen LogP contribution is -2.23. The van der Waals surface area contributed by atoms with Crippen LogP contribution in [0.15, 0.2) is 29.3 Å². The van der Waals surface area contributed by atoms with Gasteiger partial charge in [0.05, 0.1) is 18.2 Å². The first-order valence-corrected chi connectivity index (χ1v) is 10.5. The molecule has 0 aliphatic rings. The molecule has 0 heterocycles. The summed E-state index contributed by atoms with van der Waals surface area (Å²) in [5, 5.41) is 19.6. The summed E-state index contributed by atoms with van der Waals surface area (Å²) in [7, 11) is 0.262. The summed E-state index contributed by atoms with van der Waals surface area (Å²) in [5.74, 6) is 1.48. The van der Waals surface area contributed by atoms with Crippen molar-refractivity contribution in [2.75, 3.05) is 38.1 Å². The molecule has 0 aliphatic heterocycles. The van der Waals surface area contributed by atoms with Gasteiger partial charge in [-0.3, -0.25) is 4.99 Å². The largest absolute Gasteiger partial charge is 0.862 e. The van der Waals surface area contributed by atoms with Crippen LogP contribution in [0.5, 0.6) is 5.75 Å². The second kappa shape index (κ2) is 12.2. The first-order chi connectivity index (χ1) is 11.5. The van der Waals surface area contributed by atoms with Crippen molar-refractivity contribution in [1.29, 1.82) is 0 Å². The van der Waals surface area contributed by atoms with Gasteiger partial charge in [-0.2, -0.15) is 0 Å². The molecule has 0 unspecified atom stereocenters. The van der Waals surface area contributed by atoms with E-state index in [1.165, 1.54) is 0 Å². The maximum Gasteiger partial charge on any atom is 0.212 e. The highest BCUT2D eigenvalue weighted by molar-refractivity contribution is 7.95. The van der Waals surface area contributed by atoms with Gasteiger partial charge in [0.25, 0.3) is 0 Å². The molecule has 1 atom stereocenters. The van der Waals surface area contributed by atoms with Crippen molar-refractivity contribution in [3.63, 3.8) is 0 Å². The highest BCUT2D eigenvalue weighted by Gasteiger charge is 2.09. The lowest BCUT2D eigenvalue weighted by Gasteiger charge is -2.11. The number of aliphatic imine (C=N–C) groups is 1. The molecule has 1 aromatic rings. The summed E-state index contributed by atoms with van der Waals surface area (Å²) in [5.41, 5.74) is 0.643. The van der Waals surface area contributed by atoms with Gasteiger partial charge in [0, 0.05) is 13.0 Å². The molecule has 136 valence electrons. The van der Waals surface area contributed by atoms with Crippen LogP contribution in [0.3, 0.4) is 0 Å². The van der Waals surface area contributed by atoms with Crippen LogP contribution >= 0.6 is 0 Å². The monoisotopic (exact) mass is 356 g/mol. The first kappa shape index (κ1) is 20.8. The molecule has 24 heavy (non-hydrogen) atoms. The standard InChI is InChI=1S/C18H29NO4S/c1-4-5-11-22-13-16(20)14-23-17-8-6-15(7-9-17)19-18(21)10-12-24(2)3/h6-9,16,20H,4-5,10-14H2,1-3H3/p+1/t16-/m1/s1. The SMILES string of the molecule is CCCCOC[C@@H]([OH2+])COc1ccc(N=C([O-])CC[S+](C)C)cc1. The molecule has 0 spiro atoms. The third kappa shape index (κ3) is 9.80. The quantitative estimate of drug-likeness (QED) is 0.247. The van der Waals surface area contributed by atoms with Gasteiger partial charge in [-0.05, 0) is 47.5 Å². The molecule has 0 saturated carbocycles. The van der Waals surface area contributed by atoms with E-state index >= 15 is 0 Å². The third-order valence-electron chi connectivity index (χ3n) is 3.23. The van der Waals surface area contributed by atoms with Crippen molar-refractivity contribution < 1.29 is 19.7 Å². The summed E-state index contributed by atoms with van der Waals surface area (Å²) in [6.07, 6.45) is 6.45. The lowest BCUT2D eigenvalue weighted by molar-refractivity contribution is -0.217. The minimum Gasteiger partial charge on any atom is -0.862 e. The Morgan fingerprint density at radius 1 is 1.25 bits per heavy atom. The van der Waals surface area contributed by atoms with Gasteiger partial charge in [-0.15, -0.1) is 0 Å². The minimum atomic E-state index is -0.398. The van der Waals surface area contributed by atoms with Crippen LogP contribution < -0.4 is 9.84 Å². The predicted octanol–water partition coefficient (Wildman–Crippen LogP) is 1.63. The normalized spacial score (nSPS) is 13.3. The molecule has 0 fully saturated rings. The second-order valence-electron chi connectivity index (χ2n) is 5.88. The van der Waals surface area contributed by atoms with Gasteiger partial charge in [-0.1, -0.05) is 13.3 Å². The zero-order valence-electron chi connectivity index (χ0n) is 14.9. The lowest BCUT2D eigenvalue weighted by atomic mass is 10.3. The fourth-order valence-electron chi connectivity index (χ4n) is 1.83. The number of nitrogens with zero attached hydrogens (tertiary/aromatic N) is 1. The summed E-state index contributed by atoms with van der Waals surface area (Å²) in [6, 6.07) is 7.09. The van der Waals surface area contributed by atoms with Gasteiger partial charge in [0.2, 0.25) is 6.10 Å². The topological polar surface area (TPSA) is 76.8 Å². The number of benzene rings is 1. The Morgan fingerprint density at radius 3 is 2.58 bits per heavy atom. The van der Waals surface area contributed by atoms with Crippen molar-refractivity contribution in [1.82, 2.24) is 0 Å². The minimum absolute atomic E-state index is 0.0830. The van der Waals surface area contributed by atoms with Gasteiger partial charge in [0.15, 0.2) is 6.61 Å². The average Bonchev–Trinajstić information content (AvgIpc) is 2.56. The van der Waals surface area contributed by atoms with Crippen LogP contribution in [0, 0.1) is 0 Å². The van der Waals surface area contributed by atoms with E-state index in [1.54, 1.807) is 24.3 Å². The summed E-state index contributed by atoms with van der Waals surface area (Å²) >= 11 is 0. The average molecular weight is 357 g/mol. The van der Waals surface area contributed by atoms with Crippen molar-refractivity contribution >= 4 is 22.5 Å². The number of hydrogen-bond acceptors (Lipinski definition) is 4.